The third-order valence-corrected chi connectivity index (χ3v) is 6.32. The summed E-state index contributed by atoms with van der Waals surface area (Å²) in [7, 11) is 1.84. The summed E-state index contributed by atoms with van der Waals surface area (Å²) >= 11 is 0. The maximum atomic E-state index is 12.6. The second-order valence-electron chi connectivity index (χ2n) is 9.11. The van der Waals surface area contributed by atoms with Gasteiger partial charge in [0, 0.05) is 39.6 Å². The quantitative estimate of drug-likeness (QED) is 0.435. The van der Waals surface area contributed by atoms with Gasteiger partial charge < -0.3 is 24.4 Å². The van der Waals surface area contributed by atoms with E-state index in [9.17, 15) is 14.7 Å². The van der Waals surface area contributed by atoms with E-state index in [-0.39, 0.29) is 12.1 Å². The molecule has 2 unspecified atom stereocenters. The van der Waals surface area contributed by atoms with Gasteiger partial charge >= 0.3 is 12.0 Å². The van der Waals surface area contributed by atoms with Crippen LogP contribution in [0.3, 0.4) is 0 Å². The van der Waals surface area contributed by atoms with Gasteiger partial charge in [-0.15, -0.1) is 0 Å². The Labute approximate surface area is 202 Å². The van der Waals surface area contributed by atoms with Crippen LogP contribution in [0.2, 0.25) is 0 Å². The molecule has 7 nitrogen and oxygen atoms in total. The van der Waals surface area contributed by atoms with Crippen molar-refractivity contribution in [2.24, 2.45) is 0 Å². The van der Waals surface area contributed by atoms with Crippen LogP contribution in [-0.4, -0.2) is 65.4 Å². The molecule has 1 saturated heterocycles. The lowest BCUT2D eigenvalue weighted by molar-refractivity contribution is -0.163. The van der Waals surface area contributed by atoms with Crippen LogP contribution in [0.25, 0.3) is 0 Å². The lowest BCUT2D eigenvalue weighted by atomic mass is 9.96. The average molecular weight is 469 g/mol. The molecule has 1 aliphatic rings. The smallest absolute Gasteiger partial charge is 0.336 e. The highest BCUT2D eigenvalue weighted by Gasteiger charge is 2.35. The predicted molar refractivity (Wildman–Crippen MR) is 131 cm³/mol. The first-order chi connectivity index (χ1) is 16.3. The Morgan fingerprint density at radius 3 is 2.44 bits per heavy atom. The fourth-order valence-corrected chi connectivity index (χ4v) is 4.09. The second-order valence-corrected chi connectivity index (χ2v) is 9.11. The third kappa shape index (κ3) is 6.73. The van der Waals surface area contributed by atoms with Crippen molar-refractivity contribution in [1.82, 2.24) is 9.80 Å². The lowest BCUT2D eigenvalue weighted by Crippen LogP contribution is -2.41. The highest BCUT2D eigenvalue weighted by molar-refractivity contribution is 5.77. The molecule has 0 bridgehead atoms. The minimum atomic E-state index is -1.25. The Morgan fingerprint density at radius 1 is 1.09 bits per heavy atom. The van der Waals surface area contributed by atoms with Crippen LogP contribution >= 0.6 is 0 Å². The molecule has 2 aromatic rings. The van der Waals surface area contributed by atoms with E-state index in [1.165, 1.54) is 0 Å². The zero-order chi connectivity index (χ0) is 24.6. The van der Waals surface area contributed by atoms with E-state index in [1.807, 2.05) is 73.5 Å². The maximum Gasteiger partial charge on any atom is 0.336 e. The first-order valence-electron chi connectivity index (χ1n) is 12.0. The molecule has 3 rings (SSSR count). The van der Waals surface area contributed by atoms with Crippen molar-refractivity contribution in [3.8, 4) is 5.75 Å². The molecule has 1 aliphatic heterocycles. The first kappa shape index (κ1) is 25.6. The number of hydrogen-bond donors (Lipinski definition) is 1. The number of carbonyl (C=O) groups is 2. The monoisotopic (exact) mass is 468 g/mol. The summed E-state index contributed by atoms with van der Waals surface area (Å²) in [5.41, 5.74) is 0.755. The van der Waals surface area contributed by atoms with Crippen molar-refractivity contribution >= 4 is 12.0 Å². The summed E-state index contributed by atoms with van der Waals surface area (Å²) in [5, 5.41) is 9.63. The molecule has 0 aromatic heterocycles. The van der Waals surface area contributed by atoms with Crippen molar-refractivity contribution in [3.05, 3.63) is 65.7 Å². The van der Waals surface area contributed by atoms with Gasteiger partial charge in [0.1, 0.15) is 5.75 Å². The highest BCUT2D eigenvalue weighted by Crippen LogP contribution is 2.23. The van der Waals surface area contributed by atoms with Gasteiger partial charge in [-0.2, -0.15) is 0 Å². The van der Waals surface area contributed by atoms with E-state index in [0.29, 0.717) is 32.7 Å². The van der Waals surface area contributed by atoms with Crippen LogP contribution in [0, 0.1) is 0 Å². The van der Waals surface area contributed by atoms with Gasteiger partial charge in [-0.3, -0.25) is 0 Å². The zero-order valence-electron chi connectivity index (χ0n) is 20.4. The minimum Gasteiger partial charge on any atom is -0.494 e. The number of urea groups is 1. The summed E-state index contributed by atoms with van der Waals surface area (Å²) in [5.74, 6) is -0.235. The molecule has 0 radical (unpaired) electrons. The van der Waals surface area contributed by atoms with Crippen molar-refractivity contribution < 1.29 is 24.2 Å². The van der Waals surface area contributed by atoms with E-state index in [1.54, 1.807) is 11.8 Å². The fraction of sp³-hybridized carbons (Fsp3) is 0.481. The van der Waals surface area contributed by atoms with E-state index >= 15 is 0 Å². The van der Waals surface area contributed by atoms with Gasteiger partial charge in [0.25, 0.3) is 0 Å². The molecule has 184 valence electrons. The Bertz CT molecular complexity index is 934. The number of aliphatic carboxylic acids is 1. The molecule has 0 spiro atoms. The van der Waals surface area contributed by atoms with Gasteiger partial charge in [0.05, 0.1) is 12.6 Å². The molecule has 1 fully saturated rings. The summed E-state index contributed by atoms with van der Waals surface area (Å²) in [6.07, 6.45) is 2.81. The number of benzene rings is 2. The number of nitrogens with zero attached hydrogens (tertiary/aromatic N) is 2. The Morgan fingerprint density at radius 2 is 1.79 bits per heavy atom. The molecule has 34 heavy (non-hydrogen) atoms. The van der Waals surface area contributed by atoms with E-state index < -0.39 is 11.6 Å². The number of likely N-dealkylation sites (N-methyl/N-ethyl adjacent to an activating group) is 1. The molecular weight excluding hydrogens is 432 g/mol. The van der Waals surface area contributed by atoms with Crippen LogP contribution < -0.4 is 4.74 Å². The van der Waals surface area contributed by atoms with Gasteiger partial charge in [0.2, 0.25) is 0 Å². The average Bonchev–Trinajstić information content (AvgIpc) is 3.09. The largest absolute Gasteiger partial charge is 0.494 e. The second kappa shape index (κ2) is 11.9. The zero-order valence-corrected chi connectivity index (χ0v) is 20.4. The van der Waals surface area contributed by atoms with Gasteiger partial charge in [-0.1, -0.05) is 55.8 Å². The third-order valence-electron chi connectivity index (χ3n) is 6.32. The van der Waals surface area contributed by atoms with Crippen LogP contribution in [0.15, 0.2) is 54.6 Å². The van der Waals surface area contributed by atoms with Crippen LogP contribution in [-0.2, 0) is 22.5 Å². The normalized spacial score (nSPS) is 17.6. The van der Waals surface area contributed by atoms with E-state index in [4.69, 9.17) is 9.47 Å². The lowest BCUT2D eigenvalue weighted by Gasteiger charge is -2.25. The number of hydrogen-bond acceptors (Lipinski definition) is 4. The Balaban J connectivity index is 1.48. The highest BCUT2D eigenvalue weighted by atomic mass is 16.5. The minimum absolute atomic E-state index is 0.0424. The SMILES string of the molecule is CCCCOC(C)(Cc1ccc(OCCC2CN(Cc3ccccc3)C(=O)N2C)cc1)C(=O)O. The molecule has 1 heterocycles. The number of carbonyl (C=O) groups excluding carboxylic acids is 1. The van der Waals surface area contributed by atoms with Gasteiger partial charge in [0.15, 0.2) is 5.60 Å². The van der Waals surface area contributed by atoms with Gasteiger partial charge in [-0.25, -0.2) is 9.59 Å². The van der Waals surface area contributed by atoms with Crippen molar-refractivity contribution in [2.75, 3.05) is 26.8 Å². The topological polar surface area (TPSA) is 79.3 Å². The molecular formula is C27H36N2O5. The standard InChI is InChI=1S/C27H36N2O5/c1-4-5-16-34-27(2,25(30)31)18-21-11-13-24(14-12-21)33-17-15-23-20-29(26(32)28(23)3)19-22-9-7-6-8-10-22/h6-14,23H,4-5,15-20H2,1-3H3,(H,30,31). The van der Waals surface area contributed by atoms with Crippen molar-refractivity contribution in [2.45, 2.75) is 57.7 Å². The summed E-state index contributed by atoms with van der Waals surface area (Å²) in [4.78, 5) is 28.0. The summed E-state index contributed by atoms with van der Waals surface area (Å²) < 4.78 is 11.6. The first-order valence-corrected chi connectivity index (χ1v) is 12.0. The van der Waals surface area contributed by atoms with Crippen molar-refractivity contribution in [1.29, 1.82) is 0 Å². The number of unbranched alkanes of at least 4 members (excludes halogenated alkanes) is 1. The van der Waals surface area contributed by atoms with E-state index in [0.717, 1.165) is 36.1 Å². The molecule has 7 heteroatoms. The number of amides is 2. The molecule has 2 amide bonds. The molecule has 0 saturated carbocycles. The van der Waals surface area contributed by atoms with Crippen molar-refractivity contribution in [3.63, 3.8) is 0 Å². The van der Waals surface area contributed by atoms with Crippen LogP contribution in [0.4, 0.5) is 4.79 Å². The van der Waals surface area contributed by atoms with E-state index in [2.05, 4.69) is 0 Å². The number of carboxylic acid groups (broad SMARTS) is 1. The number of carboxylic acids is 1. The van der Waals surface area contributed by atoms with Crippen LogP contribution in [0.5, 0.6) is 5.75 Å². The van der Waals surface area contributed by atoms with Crippen LogP contribution in [0.1, 0.15) is 44.2 Å². The summed E-state index contributed by atoms with van der Waals surface area (Å²) in [6, 6.07) is 17.6. The molecule has 2 atom stereocenters. The maximum absolute atomic E-state index is 12.6. The molecule has 0 aliphatic carbocycles. The van der Waals surface area contributed by atoms with Gasteiger partial charge in [-0.05, 0) is 36.6 Å². The molecule has 1 N–H and O–H groups in total. The number of ether oxygens (including phenoxy) is 2. The molecule has 2 aromatic carbocycles. The fourth-order valence-electron chi connectivity index (χ4n) is 4.09. The Kier molecular flexibility index (Phi) is 8.93. The predicted octanol–water partition coefficient (Wildman–Crippen LogP) is 4.59. The Hall–Kier alpha value is -3.06. The number of rotatable bonds is 13. The summed E-state index contributed by atoms with van der Waals surface area (Å²) in [6.45, 7) is 5.88.